The number of aliphatic hydroxyl groups excluding tert-OH is 1. The predicted molar refractivity (Wildman–Crippen MR) is 128 cm³/mol. The molecule has 2 aromatic rings. The van der Waals surface area contributed by atoms with Crippen molar-refractivity contribution in [1.82, 2.24) is 24.8 Å². The summed E-state index contributed by atoms with van der Waals surface area (Å²) in [5, 5.41) is 19.0. The van der Waals surface area contributed by atoms with Crippen molar-refractivity contribution in [2.75, 3.05) is 26.7 Å². The van der Waals surface area contributed by atoms with Gasteiger partial charge in [-0.1, -0.05) is 41.4 Å². The molecule has 1 aliphatic rings. The van der Waals surface area contributed by atoms with Crippen molar-refractivity contribution < 1.29 is 14.6 Å². The molecule has 2 heterocycles. The van der Waals surface area contributed by atoms with Crippen LogP contribution in [-0.4, -0.2) is 74.7 Å². The Morgan fingerprint density at radius 2 is 2.12 bits per heavy atom. The second-order valence-electron chi connectivity index (χ2n) is 8.90. The molecule has 0 saturated carbocycles. The summed E-state index contributed by atoms with van der Waals surface area (Å²) in [6, 6.07) is 5.39. The summed E-state index contributed by atoms with van der Waals surface area (Å²) in [6.45, 7) is 6.73. The lowest BCUT2D eigenvalue weighted by atomic mass is 10.0. The van der Waals surface area contributed by atoms with Gasteiger partial charge in [-0.05, 0) is 38.1 Å². The lowest BCUT2D eigenvalue weighted by Gasteiger charge is -2.35. The standard InChI is InChI=1S/C23H33Cl2N5O3/c1-16-11-29(17(2)14-31)23(32)5-4-8-30-19(10-26-27-30)15-33-22(16)13-28(3)12-18-6-7-20(24)21(25)9-18/h6-7,9-10,16-17,22,31H,4-5,8,11-15H2,1-3H3/t16-,17-,22+/m0/s1. The van der Waals surface area contributed by atoms with Crippen molar-refractivity contribution in [2.45, 2.75) is 58.5 Å². The van der Waals surface area contributed by atoms with Crippen LogP contribution in [0.1, 0.15) is 37.9 Å². The molecule has 10 heteroatoms. The molecule has 0 bridgehead atoms. The first-order valence-corrected chi connectivity index (χ1v) is 12.1. The summed E-state index contributed by atoms with van der Waals surface area (Å²) in [6.07, 6.45) is 2.63. The van der Waals surface area contributed by atoms with Gasteiger partial charge in [0.1, 0.15) is 0 Å². The Kier molecular flexibility index (Phi) is 9.52. The number of fused-ring (bicyclic) bond motifs is 1. The van der Waals surface area contributed by atoms with Gasteiger partial charge >= 0.3 is 0 Å². The van der Waals surface area contributed by atoms with E-state index in [-0.39, 0.29) is 30.6 Å². The first kappa shape index (κ1) is 25.9. The zero-order valence-corrected chi connectivity index (χ0v) is 21.0. The monoisotopic (exact) mass is 497 g/mol. The van der Waals surface area contributed by atoms with Crippen molar-refractivity contribution in [3.05, 3.63) is 45.7 Å². The number of halogens is 2. The van der Waals surface area contributed by atoms with Gasteiger partial charge in [0.25, 0.3) is 0 Å². The fraction of sp³-hybridized carbons (Fsp3) is 0.609. The van der Waals surface area contributed by atoms with Crippen LogP contribution in [0.15, 0.2) is 24.4 Å². The molecule has 33 heavy (non-hydrogen) atoms. The third-order valence-corrected chi connectivity index (χ3v) is 6.81. The number of benzene rings is 1. The molecule has 3 atom stereocenters. The van der Waals surface area contributed by atoms with Crippen LogP contribution < -0.4 is 0 Å². The number of carbonyl (C=O) groups is 1. The third-order valence-electron chi connectivity index (χ3n) is 6.07. The number of nitrogens with zero attached hydrogens (tertiary/aromatic N) is 5. The van der Waals surface area contributed by atoms with E-state index in [0.717, 1.165) is 11.3 Å². The Bertz CT molecular complexity index is 925. The largest absolute Gasteiger partial charge is 0.394 e. The number of ether oxygens (including phenoxy) is 1. The first-order chi connectivity index (χ1) is 15.8. The highest BCUT2D eigenvalue weighted by atomic mass is 35.5. The van der Waals surface area contributed by atoms with Crippen molar-refractivity contribution in [2.24, 2.45) is 5.92 Å². The van der Waals surface area contributed by atoms with Crippen LogP contribution >= 0.6 is 23.2 Å². The normalized spacial score (nSPS) is 21.4. The van der Waals surface area contributed by atoms with E-state index in [2.05, 4.69) is 22.1 Å². The van der Waals surface area contributed by atoms with Gasteiger partial charge in [0.15, 0.2) is 0 Å². The van der Waals surface area contributed by atoms with Crippen LogP contribution in [0.4, 0.5) is 0 Å². The van der Waals surface area contributed by atoms with E-state index in [1.807, 2.05) is 26.1 Å². The Balaban J connectivity index is 1.77. The van der Waals surface area contributed by atoms with Gasteiger partial charge in [-0.15, -0.1) is 5.10 Å². The summed E-state index contributed by atoms with van der Waals surface area (Å²) >= 11 is 12.2. The highest BCUT2D eigenvalue weighted by Gasteiger charge is 2.28. The Labute approximate surface area is 205 Å². The lowest BCUT2D eigenvalue weighted by Crippen LogP contribution is -2.47. The highest BCUT2D eigenvalue weighted by molar-refractivity contribution is 6.42. The second kappa shape index (κ2) is 12.1. The Morgan fingerprint density at radius 3 is 2.85 bits per heavy atom. The van der Waals surface area contributed by atoms with Crippen LogP contribution in [-0.2, 0) is 29.2 Å². The lowest BCUT2D eigenvalue weighted by molar-refractivity contribution is -0.136. The predicted octanol–water partition coefficient (Wildman–Crippen LogP) is 3.24. The smallest absolute Gasteiger partial charge is 0.222 e. The molecular formula is C23H33Cl2N5O3. The van der Waals surface area contributed by atoms with Crippen LogP contribution in [0.5, 0.6) is 0 Å². The minimum absolute atomic E-state index is 0.0357. The third kappa shape index (κ3) is 7.13. The van der Waals surface area contributed by atoms with Gasteiger partial charge in [0.2, 0.25) is 5.91 Å². The molecule has 0 spiro atoms. The SMILES string of the molecule is C[C@H]1CN([C@@H](C)CO)C(=O)CCCn2nncc2CO[C@@H]1CN(C)Cc1ccc(Cl)c(Cl)c1. The topological polar surface area (TPSA) is 83.7 Å². The highest BCUT2D eigenvalue weighted by Crippen LogP contribution is 2.24. The Morgan fingerprint density at radius 1 is 1.33 bits per heavy atom. The average molecular weight is 498 g/mol. The molecule has 1 amide bonds. The van der Waals surface area contributed by atoms with Gasteiger partial charge in [0, 0.05) is 38.5 Å². The number of likely N-dealkylation sites (N-methyl/N-ethyl adjacent to an activating group) is 1. The minimum Gasteiger partial charge on any atom is -0.394 e. The molecule has 1 N–H and O–H groups in total. The van der Waals surface area contributed by atoms with E-state index in [0.29, 0.717) is 55.7 Å². The van der Waals surface area contributed by atoms with Gasteiger partial charge < -0.3 is 14.7 Å². The molecule has 0 radical (unpaired) electrons. The fourth-order valence-corrected chi connectivity index (χ4v) is 4.39. The van der Waals surface area contributed by atoms with Crippen LogP contribution in [0.2, 0.25) is 10.0 Å². The van der Waals surface area contributed by atoms with Crippen LogP contribution in [0, 0.1) is 5.92 Å². The van der Waals surface area contributed by atoms with E-state index >= 15 is 0 Å². The molecule has 0 fully saturated rings. The summed E-state index contributed by atoms with van der Waals surface area (Å²) < 4.78 is 8.17. The van der Waals surface area contributed by atoms with E-state index in [4.69, 9.17) is 27.9 Å². The van der Waals surface area contributed by atoms with Gasteiger partial charge in [-0.3, -0.25) is 9.69 Å². The van der Waals surface area contributed by atoms with E-state index in [9.17, 15) is 9.90 Å². The summed E-state index contributed by atoms with van der Waals surface area (Å²) in [5.74, 6) is 0.0801. The molecule has 0 unspecified atom stereocenters. The number of amides is 1. The van der Waals surface area contributed by atoms with Crippen molar-refractivity contribution >= 4 is 29.1 Å². The van der Waals surface area contributed by atoms with Crippen LogP contribution in [0.3, 0.4) is 0 Å². The maximum atomic E-state index is 13.0. The number of hydrogen-bond donors (Lipinski definition) is 1. The van der Waals surface area contributed by atoms with E-state index < -0.39 is 0 Å². The zero-order chi connectivity index (χ0) is 24.0. The van der Waals surface area contributed by atoms with Gasteiger partial charge in [0.05, 0.1) is 47.3 Å². The van der Waals surface area contributed by atoms with Crippen molar-refractivity contribution in [1.29, 1.82) is 0 Å². The van der Waals surface area contributed by atoms with E-state index in [1.54, 1.807) is 21.8 Å². The van der Waals surface area contributed by atoms with Crippen LogP contribution in [0.25, 0.3) is 0 Å². The maximum absolute atomic E-state index is 13.0. The molecule has 3 rings (SSSR count). The quantitative estimate of drug-likeness (QED) is 0.659. The maximum Gasteiger partial charge on any atom is 0.222 e. The number of carbonyl (C=O) groups excluding carboxylic acids is 1. The van der Waals surface area contributed by atoms with E-state index in [1.165, 1.54) is 0 Å². The number of aliphatic hydroxyl groups is 1. The minimum atomic E-state index is -0.251. The number of aryl methyl sites for hydroxylation is 1. The number of hydrogen-bond acceptors (Lipinski definition) is 6. The summed E-state index contributed by atoms with van der Waals surface area (Å²) in [5.41, 5.74) is 1.95. The molecule has 1 aromatic heterocycles. The molecular weight excluding hydrogens is 465 g/mol. The van der Waals surface area contributed by atoms with Crippen molar-refractivity contribution in [3.63, 3.8) is 0 Å². The molecule has 0 aliphatic carbocycles. The first-order valence-electron chi connectivity index (χ1n) is 11.3. The average Bonchev–Trinajstić information content (AvgIpc) is 3.23. The Hall–Kier alpha value is -1.71. The van der Waals surface area contributed by atoms with Gasteiger partial charge in [-0.2, -0.15) is 0 Å². The zero-order valence-electron chi connectivity index (χ0n) is 19.5. The molecule has 1 aliphatic heterocycles. The molecule has 0 saturated heterocycles. The molecule has 8 nitrogen and oxygen atoms in total. The second-order valence-corrected chi connectivity index (χ2v) is 9.72. The molecule has 1 aromatic carbocycles. The van der Waals surface area contributed by atoms with Crippen molar-refractivity contribution in [3.8, 4) is 0 Å². The van der Waals surface area contributed by atoms with Gasteiger partial charge in [-0.25, -0.2) is 4.68 Å². The molecule has 182 valence electrons. The summed E-state index contributed by atoms with van der Waals surface area (Å²) in [4.78, 5) is 16.9. The summed E-state index contributed by atoms with van der Waals surface area (Å²) in [7, 11) is 2.03. The number of rotatable bonds is 6. The number of aromatic nitrogens is 3. The fourth-order valence-electron chi connectivity index (χ4n) is 4.07.